The van der Waals surface area contributed by atoms with Gasteiger partial charge in [-0.2, -0.15) is 0 Å². The van der Waals surface area contributed by atoms with Crippen molar-refractivity contribution >= 4 is 0 Å². The Labute approximate surface area is 173 Å². The van der Waals surface area contributed by atoms with Crippen molar-refractivity contribution < 1.29 is 13.2 Å². The molecule has 160 valence electrons. The third-order valence-electron chi connectivity index (χ3n) is 5.23. The van der Waals surface area contributed by atoms with Gasteiger partial charge in [-0.1, -0.05) is 51.5 Å². The molecular weight excluding hydrogens is 373 g/mol. The Morgan fingerprint density at radius 2 is 1.48 bits per heavy atom. The molecule has 0 saturated heterocycles. The van der Waals surface area contributed by atoms with E-state index in [0.717, 1.165) is 18.4 Å². The molecule has 5 heteroatoms. The summed E-state index contributed by atoms with van der Waals surface area (Å²) in [6.45, 7) is 3.68. The van der Waals surface area contributed by atoms with Crippen LogP contribution in [0.1, 0.15) is 82.8 Å². The van der Waals surface area contributed by atoms with Crippen molar-refractivity contribution in [2.45, 2.75) is 90.6 Å². The lowest BCUT2D eigenvalue weighted by atomic mass is 10.0. The minimum Gasteiger partial charge on any atom is -0.248 e. The first-order valence-corrected chi connectivity index (χ1v) is 10.9. The van der Waals surface area contributed by atoms with E-state index >= 15 is 0 Å². The van der Waals surface area contributed by atoms with E-state index < -0.39 is 17.8 Å². The SMILES string of the molecule is CCCCCCCCCc1cnc(-c2ccc(CCCC(C)F)c(F)c2F)nc1. The highest BCUT2D eigenvalue weighted by Crippen LogP contribution is 2.25. The third-order valence-corrected chi connectivity index (χ3v) is 5.23. The van der Waals surface area contributed by atoms with Crippen LogP contribution in [0.15, 0.2) is 24.5 Å². The number of hydrogen-bond acceptors (Lipinski definition) is 2. The monoisotopic (exact) mass is 406 g/mol. The van der Waals surface area contributed by atoms with Crippen LogP contribution < -0.4 is 0 Å². The van der Waals surface area contributed by atoms with Crippen molar-refractivity contribution in [2.24, 2.45) is 0 Å². The van der Waals surface area contributed by atoms with Crippen molar-refractivity contribution in [3.63, 3.8) is 0 Å². The van der Waals surface area contributed by atoms with Crippen molar-refractivity contribution in [3.05, 3.63) is 47.3 Å². The maximum atomic E-state index is 14.5. The molecule has 2 aromatic rings. The van der Waals surface area contributed by atoms with E-state index in [1.165, 1.54) is 51.5 Å². The fourth-order valence-electron chi connectivity index (χ4n) is 3.44. The van der Waals surface area contributed by atoms with Gasteiger partial charge in [0.1, 0.15) is 0 Å². The summed E-state index contributed by atoms with van der Waals surface area (Å²) in [5, 5.41) is 0. The maximum Gasteiger partial charge on any atom is 0.170 e. The Hall–Kier alpha value is -1.91. The van der Waals surface area contributed by atoms with Gasteiger partial charge in [-0.25, -0.2) is 23.1 Å². The van der Waals surface area contributed by atoms with Gasteiger partial charge in [0.15, 0.2) is 17.5 Å². The zero-order valence-corrected chi connectivity index (χ0v) is 17.7. The summed E-state index contributed by atoms with van der Waals surface area (Å²) in [4.78, 5) is 8.48. The van der Waals surface area contributed by atoms with Crippen LogP contribution in [0.25, 0.3) is 11.4 Å². The van der Waals surface area contributed by atoms with Crippen LogP contribution in [-0.2, 0) is 12.8 Å². The molecule has 0 aliphatic heterocycles. The summed E-state index contributed by atoms with van der Waals surface area (Å²) >= 11 is 0. The molecule has 0 spiro atoms. The number of aryl methyl sites for hydroxylation is 2. The van der Waals surface area contributed by atoms with Gasteiger partial charge in [0, 0.05) is 12.4 Å². The number of alkyl halides is 1. The molecule has 0 bridgehead atoms. The molecule has 1 atom stereocenters. The van der Waals surface area contributed by atoms with E-state index in [0.29, 0.717) is 19.3 Å². The Bertz CT molecular complexity index is 730. The Kier molecular flexibility index (Phi) is 10.2. The molecule has 1 unspecified atom stereocenters. The fraction of sp³-hybridized carbons (Fsp3) is 0.583. The quantitative estimate of drug-likeness (QED) is 0.324. The van der Waals surface area contributed by atoms with Crippen LogP contribution in [0, 0.1) is 11.6 Å². The molecule has 1 aromatic carbocycles. The van der Waals surface area contributed by atoms with Crippen molar-refractivity contribution in [1.82, 2.24) is 9.97 Å². The summed E-state index contributed by atoms with van der Waals surface area (Å²) in [5.74, 6) is -1.63. The smallest absolute Gasteiger partial charge is 0.170 e. The average Bonchev–Trinajstić information content (AvgIpc) is 2.71. The zero-order valence-electron chi connectivity index (χ0n) is 17.7. The lowest BCUT2D eigenvalue weighted by molar-refractivity contribution is 0.333. The van der Waals surface area contributed by atoms with Gasteiger partial charge in [-0.15, -0.1) is 0 Å². The standard InChI is InChI=1S/C24H33F3N2/c1-3-4-5-6-7-8-9-12-19-16-28-24(29-17-19)21-15-14-20(22(26)23(21)27)13-10-11-18(2)25/h14-18H,3-13H2,1-2H3. The molecule has 0 fully saturated rings. The largest absolute Gasteiger partial charge is 0.248 e. The summed E-state index contributed by atoms with van der Waals surface area (Å²) in [6.07, 6.45) is 13.2. The zero-order chi connectivity index (χ0) is 21.1. The average molecular weight is 407 g/mol. The second-order valence-corrected chi connectivity index (χ2v) is 7.86. The molecule has 2 rings (SSSR count). The van der Waals surface area contributed by atoms with Gasteiger partial charge in [0.2, 0.25) is 0 Å². The van der Waals surface area contributed by atoms with Crippen LogP contribution in [0.3, 0.4) is 0 Å². The van der Waals surface area contributed by atoms with E-state index in [4.69, 9.17) is 0 Å². The molecule has 0 saturated carbocycles. The molecule has 2 nitrogen and oxygen atoms in total. The predicted molar refractivity (Wildman–Crippen MR) is 113 cm³/mol. The maximum absolute atomic E-state index is 14.5. The number of unbranched alkanes of at least 4 members (excludes halogenated alkanes) is 6. The van der Waals surface area contributed by atoms with Crippen molar-refractivity contribution in [2.75, 3.05) is 0 Å². The minimum atomic E-state index is -0.935. The normalized spacial score (nSPS) is 12.3. The molecular formula is C24H33F3N2. The highest BCUT2D eigenvalue weighted by Gasteiger charge is 2.16. The second-order valence-electron chi connectivity index (χ2n) is 7.86. The Balaban J connectivity index is 1.89. The number of halogens is 3. The van der Waals surface area contributed by atoms with Crippen molar-refractivity contribution in [1.29, 1.82) is 0 Å². The molecule has 0 aliphatic carbocycles. The third kappa shape index (κ3) is 7.79. The first-order valence-electron chi connectivity index (χ1n) is 10.9. The summed E-state index contributed by atoms with van der Waals surface area (Å²) in [5.41, 5.74) is 1.34. The van der Waals surface area contributed by atoms with E-state index in [1.807, 2.05) is 0 Å². The summed E-state index contributed by atoms with van der Waals surface area (Å²) in [6, 6.07) is 3.06. The number of nitrogens with zero attached hydrogens (tertiary/aromatic N) is 2. The molecule has 0 amide bonds. The predicted octanol–water partition coefficient (Wildman–Crippen LogP) is 7.40. The molecule has 1 heterocycles. The summed E-state index contributed by atoms with van der Waals surface area (Å²) in [7, 11) is 0. The number of hydrogen-bond donors (Lipinski definition) is 0. The lowest BCUT2D eigenvalue weighted by Crippen LogP contribution is -2.01. The first kappa shape index (κ1) is 23.4. The Morgan fingerprint density at radius 1 is 0.828 bits per heavy atom. The van der Waals surface area contributed by atoms with E-state index in [2.05, 4.69) is 16.9 Å². The summed E-state index contributed by atoms with van der Waals surface area (Å²) < 4.78 is 41.7. The van der Waals surface area contributed by atoms with E-state index in [9.17, 15) is 13.2 Å². The second kappa shape index (κ2) is 12.6. The fourth-order valence-corrected chi connectivity index (χ4v) is 3.44. The van der Waals surface area contributed by atoms with Crippen molar-refractivity contribution in [3.8, 4) is 11.4 Å². The highest BCUT2D eigenvalue weighted by molar-refractivity contribution is 5.56. The van der Waals surface area contributed by atoms with Crippen LogP contribution in [0.4, 0.5) is 13.2 Å². The topological polar surface area (TPSA) is 25.8 Å². The number of rotatable bonds is 13. The van der Waals surface area contributed by atoms with Gasteiger partial charge in [0.25, 0.3) is 0 Å². The van der Waals surface area contributed by atoms with Gasteiger partial charge < -0.3 is 0 Å². The van der Waals surface area contributed by atoms with E-state index in [-0.39, 0.29) is 17.0 Å². The van der Waals surface area contributed by atoms with Crippen LogP contribution in [-0.4, -0.2) is 16.1 Å². The van der Waals surface area contributed by atoms with Gasteiger partial charge in [0.05, 0.1) is 11.7 Å². The Morgan fingerprint density at radius 3 is 2.14 bits per heavy atom. The van der Waals surface area contributed by atoms with Crippen LogP contribution in [0.5, 0.6) is 0 Å². The number of benzene rings is 1. The number of aromatic nitrogens is 2. The molecule has 0 radical (unpaired) electrons. The molecule has 29 heavy (non-hydrogen) atoms. The highest BCUT2D eigenvalue weighted by atomic mass is 19.2. The minimum absolute atomic E-state index is 0.0626. The lowest BCUT2D eigenvalue weighted by Gasteiger charge is -2.09. The van der Waals surface area contributed by atoms with Gasteiger partial charge in [-0.05, 0) is 56.2 Å². The molecule has 1 aromatic heterocycles. The van der Waals surface area contributed by atoms with Crippen LogP contribution >= 0.6 is 0 Å². The van der Waals surface area contributed by atoms with Gasteiger partial charge in [-0.3, -0.25) is 0 Å². The molecule has 0 aliphatic rings. The van der Waals surface area contributed by atoms with E-state index in [1.54, 1.807) is 18.5 Å². The van der Waals surface area contributed by atoms with Crippen LogP contribution in [0.2, 0.25) is 0 Å². The molecule has 0 N–H and O–H groups in total. The first-order chi connectivity index (χ1) is 14.0. The van der Waals surface area contributed by atoms with Gasteiger partial charge >= 0.3 is 0 Å².